The van der Waals surface area contributed by atoms with E-state index in [1.165, 1.54) is 6.20 Å². The van der Waals surface area contributed by atoms with Crippen LogP contribution in [0.1, 0.15) is 15.9 Å². The van der Waals surface area contributed by atoms with Gasteiger partial charge in [-0.2, -0.15) is 0 Å². The molecule has 8 heteroatoms. The zero-order valence-electron chi connectivity index (χ0n) is 13.2. The third-order valence-corrected chi connectivity index (χ3v) is 3.79. The van der Waals surface area contributed by atoms with E-state index in [0.717, 1.165) is 24.0 Å². The van der Waals surface area contributed by atoms with Gasteiger partial charge < -0.3 is 10.1 Å². The number of aromatic nitrogens is 2. The Bertz CT molecular complexity index is 953. The van der Waals surface area contributed by atoms with Crippen LogP contribution in [-0.2, 0) is 6.54 Å². The Hall–Kier alpha value is -3.06. The van der Waals surface area contributed by atoms with Crippen LogP contribution in [-0.4, -0.2) is 15.9 Å². The van der Waals surface area contributed by atoms with Crippen LogP contribution in [0.15, 0.2) is 55.0 Å². The molecule has 1 aromatic heterocycles. The van der Waals surface area contributed by atoms with Crippen molar-refractivity contribution in [2.24, 2.45) is 0 Å². The second kappa shape index (κ2) is 7.88. The molecular weight excluding hydrogens is 364 g/mol. The van der Waals surface area contributed by atoms with Crippen molar-refractivity contribution in [2.45, 2.75) is 6.54 Å². The number of hydrogen-bond donors (Lipinski definition) is 1. The first kappa shape index (κ1) is 17.8. The number of nitrogens with zero attached hydrogens (tertiary/aromatic N) is 2. The molecule has 0 saturated heterocycles. The summed E-state index contributed by atoms with van der Waals surface area (Å²) in [6.07, 6.45) is 2.40. The molecule has 0 fully saturated rings. The van der Waals surface area contributed by atoms with Crippen LogP contribution in [0.5, 0.6) is 11.6 Å². The van der Waals surface area contributed by atoms with Crippen molar-refractivity contribution in [1.29, 1.82) is 0 Å². The van der Waals surface area contributed by atoms with Gasteiger partial charge in [0.1, 0.15) is 17.7 Å². The lowest BCUT2D eigenvalue weighted by molar-refractivity contribution is 0.0947. The average Bonchev–Trinajstić information content (AvgIpc) is 2.63. The molecule has 2 aromatic carbocycles. The summed E-state index contributed by atoms with van der Waals surface area (Å²) >= 11 is 6.05. The molecule has 132 valence electrons. The van der Waals surface area contributed by atoms with Crippen LogP contribution < -0.4 is 10.1 Å². The molecule has 0 aliphatic carbocycles. The van der Waals surface area contributed by atoms with Crippen LogP contribution in [0.4, 0.5) is 8.78 Å². The molecule has 1 N–H and O–H groups in total. The summed E-state index contributed by atoms with van der Waals surface area (Å²) in [6.45, 7) is 0.178. The number of carbonyl (C=O) groups is 1. The molecule has 26 heavy (non-hydrogen) atoms. The molecule has 0 aliphatic rings. The summed E-state index contributed by atoms with van der Waals surface area (Å²) in [5.74, 6) is -2.59. The lowest BCUT2D eigenvalue weighted by atomic mass is 10.2. The number of hydrogen-bond acceptors (Lipinski definition) is 4. The van der Waals surface area contributed by atoms with E-state index >= 15 is 0 Å². The number of nitrogens with one attached hydrogen (secondary N) is 1. The van der Waals surface area contributed by atoms with Crippen LogP contribution in [0.2, 0.25) is 5.02 Å². The fraction of sp³-hybridized carbons (Fsp3) is 0.0556. The van der Waals surface area contributed by atoms with Gasteiger partial charge in [-0.15, -0.1) is 0 Å². The first-order valence-corrected chi connectivity index (χ1v) is 7.87. The van der Waals surface area contributed by atoms with Gasteiger partial charge in [-0.05, 0) is 23.8 Å². The molecule has 5 nitrogen and oxygen atoms in total. The van der Waals surface area contributed by atoms with Crippen molar-refractivity contribution in [2.75, 3.05) is 0 Å². The molecule has 3 aromatic rings. The van der Waals surface area contributed by atoms with Crippen LogP contribution in [0.3, 0.4) is 0 Å². The largest absolute Gasteiger partial charge is 0.435 e. The average molecular weight is 376 g/mol. The van der Waals surface area contributed by atoms with Gasteiger partial charge in [-0.25, -0.2) is 18.7 Å². The first-order chi connectivity index (χ1) is 12.5. The smallest absolute Gasteiger partial charge is 0.258 e. The number of halogens is 3. The zero-order valence-corrected chi connectivity index (χ0v) is 14.0. The second-order valence-electron chi connectivity index (χ2n) is 5.19. The van der Waals surface area contributed by atoms with Crippen LogP contribution in [0.25, 0.3) is 0 Å². The van der Waals surface area contributed by atoms with E-state index in [2.05, 4.69) is 15.3 Å². The highest BCUT2D eigenvalue weighted by atomic mass is 35.5. The maximum atomic E-state index is 13.8. The van der Waals surface area contributed by atoms with E-state index in [4.69, 9.17) is 16.3 Å². The van der Waals surface area contributed by atoms with Crippen molar-refractivity contribution in [3.63, 3.8) is 0 Å². The third kappa shape index (κ3) is 4.12. The van der Waals surface area contributed by atoms with Gasteiger partial charge >= 0.3 is 0 Å². The first-order valence-electron chi connectivity index (χ1n) is 7.49. The quantitative estimate of drug-likeness (QED) is 0.728. The fourth-order valence-corrected chi connectivity index (χ4v) is 2.33. The van der Waals surface area contributed by atoms with E-state index in [-0.39, 0.29) is 23.7 Å². The molecule has 0 atom stereocenters. The van der Waals surface area contributed by atoms with Crippen molar-refractivity contribution in [3.8, 4) is 11.6 Å². The minimum atomic E-state index is -0.911. The Kier molecular flexibility index (Phi) is 5.38. The molecule has 0 unspecified atom stereocenters. The van der Waals surface area contributed by atoms with Crippen LogP contribution >= 0.6 is 11.6 Å². The maximum Gasteiger partial charge on any atom is 0.258 e. The monoisotopic (exact) mass is 375 g/mol. The summed E-state index contributed by atoms with van der Waals surface area (Å²) in [5, 5.41) is 3.18. The number of rotatable bonds is 5. The predicted octanol–water partition coefficient (Wildman–Crippen LogP) is 4.13. The van der Waals surface area contributed by atoms with Gasteiger partial charge in [0.25, 0.3) is 5.91 Å². The van der Waals surface area contributed by atoms with E-state index in [1.807, 2.05) is 0 Å². The summed E-state index contributed by atoms with van der Waals surface area (Å²) in [6, 6.07) is 9.88. The normalized spacial score (nSPS) is 10.4. The highest BCUT2D eigenvalue weighted by Crippen LogP contribution is 2.25. The summed E-state index contributed by atoms with van der Waals surface area (Å²) in [7, 11) is 0. The molecule has 0 bridgehead atoms. The SMILES string of the molecule is O=C(NCc1ccccc1Cl)c1cncnc1Oc1ccc(F)cc1F. The summed E-state index contributed by atoms with van der Waals surface area (Å²) in [5.41, 5.74) is 0.731. The molecule has 1 amide bonds. The third-order valence-electron chi connectivity index (χ3n) is 3.42. The lowest BCUT2D eigenvalue weighted by Gasteiger charge is -2.11. The van der Waals surface area contributed by atoms with Crippen LogP contribution in [0, 0.1) is 11.6 Å². The topological polar surface area (TPSA) is 64.1 Å². The maximum absolute atomic E-state index is 13.8. The summed E-state index contributed by atoms with van der Waals surface area (Å²) in [4.78, 5) is 20.0. The Morgan fingerprint density at radius 1 is 1.19 bits per heavy atom. The number of ether oxygens (including phenoxy) is 1. The van der Waals surface area contributed by atoms with E-state index in [1.54, 1.807) is 24.3 Å². The van der Waals surface area contributed by atoms with Gasteiger partial charge in [0.2, 0.25) is 5.88 Å². The number of benzene rings is 2. The molecule has 3 rings (SSSR count). The van der Waals surface area contributed by atoms with E-state index < -0.39 is 17.5 Å². The van der Waals surface area contributed by atoms with Gasteiger partial charge in [-0.3, -0.25) is 4.79 Å². The predicted molar refractivity (Wildman–Crippen MR) is 91.1 cm³/mol. The minimum absolute atomic E-state index is 0.00304. The molecule has 0 aliphatic heterocycles. The standard InChI is InChI=1S/C18H12ClF2N3O2/c19-14-4-2-1-3-11(14)8-23-17(25)13-9-22-10-24-18(13)26-16-6-5-12(20)7-15(16)21/h1-7,9-10H,8H2,(H,23,25). The zero-order chi connectivity index (χ0) is 18.5. The second-order valence-corrected chi connectivity index (χ2v) is 5.60. The molecule has 0 spiro atoms. The molecule has 0 radical (unpaired) electrons. The Balaban J connectivity index is 1.78. The van der Waals surface area contributed by atoms with Gasteiger partial charge in [0.15, 0.2) is 11.6 Å². The highest BCUT2D eigenvalue weighted by Gasteiger charge is 2.17. The van der Waals surface area contributed by atoms with Crippen molar-refractivity contribution < 1.29 is 18.3 Å². The Morgan fingerprint density at radius 2 is 2.00 bits per heavy atom. The van der Waals surface area contributed by atoms with Crippen molar-refractivity contribution in [3.05, 3.63) is 82.8 Å². The highest BCUT2D eigenvalue weighted by molar-refractivity contribution is 6.31. The molecule has 0 saturated carbocycles. The lowest BCUT2D eigenvalue weighted by Crippen LogP contribution is -2.24. The van der Waals surface area contributed by atoms with Gasteiger partial charge in [0.05, 0.1) is 0 Å². The van der Waals surface area contributed by atoms with Gasteiger partial charge in [0, 0.05) is 23.8 Å². The molecule has 1 heterocycles. The Labute approximate surface area is 152 Å². The Morgan fingerprint density at radius 3 is 2.77 bits per heavy atom. The van der Waals surface area contributed by atoms with E-state index in [0.29, 0.717) is 11.1 Å². The fourth-order valence-electron chi connectivity index (χ4n) is 2.13. The summed E-state index contributed by atoms with van der Waals surface area (Å²) < 4.78 is 32.1. The number of amides is 1. The van der Waals surface area contributed by atoms with Crippen molar-refractivity contribution >= 4 is 17.5 Å². The van der Waals surface area contributed by atoms with Gasteiger partial charge in [-0.1, -0.05) is 29.8 Å². The van der Waals surface area contributed by atoms with E-state index in [9.17, 15) is 13.6 Å². The minimum Gasteiger partial charge on any atom is -0.435 e. The molecular formula is C18H12ClF2N3O2. The van der Waals surface area contributed by atoms with Crippen molar-refractivity contribution in [1.82, 2.24) is 15.3 Å². The number of carbonyl (C=O) groups excluding carboxylic acids is 1.